The highest BCUT2D eigenvalue weighted by atomic mass is 16.5. The molecule has 24 heavy (non-hydrogen) atoms. The van der Waals surface area contributed by atoms with Crippen molar-refractivity contribution >= 4 is 5.91 Å². The zero-order valence-corrected chi connectivity index (χ0v) is 15.1. The van der Waals surface area contributed by atoms with Crippen LogP contribution < -0.4 is 0 Å². The topological polar surface area (TPSA) is 42.0 Å². The number of hydrogen-bond donors (Lipinski definition) is 0. The van der Waals surface area contributed by atoms with Crippen LogP contribution in [0.15, 0.2) is 0 Å². The Bertz CT molecular complexity index is 377. The van der Waals surface area contributed by atoms with Crippen LogP contribution >= 0.6 is 0 Å². The lowest BCUT2D eigenvalue weighted by molar-refractivity contribution is -0.137. The molecule has 0 bridgehead atoms. The average Bonchev–Trinajstić information content (AvgIpc) is 2.98. The van der Waals surface area contributed by atoms with Crippen molar-refractivity contribution in [2.75, 3.05) is 52.5 Å². The monoisotopic (exact) mass is 338 g/mol. The summed E-state index contributed by atoms with van der Waals surface area (Å²) >= 11 is 0. The molecule has 5 nitrogen and oxygen atoms in total. The van der Waals surface area contributed by atoms with E-state index in [4.69, 9.17) is 9.47 Å². The number of rotatable bonds is 6. The smallest absolute Gasteiger partial charge is 0.226 e. The van der Waals surface area contributed by atoms with Gasteiger partial charge in [0.15, 0.2) is 0 Å². The predicted octanol–water partition coefficient (Wildman–Crippen LogP) is 2.30. The Morgan fingerprint density at radius 3 is 2.58 bits per heavy atom. The molecule has 3 fully saturated rings. The van der Waals surface area contributed by atoms with E-state index >= 15 is 0 Å². The van der Waals surface area contributed by atoms with Crippen molar-refractivity contribution in [1.29, 1.82) is 0 Å². The maximum atomic E-state index is 12.8. The lowest BCUT2D eigenvalue weighted by Crippen LogP contribution is -2.46. The second-order valence-corrected chi connectivity index (χ2v) is 7.59. The molecular formula is C19H34N2O3. The molecule has 0 aromatic heterocycles. The number of likely N-dealkylation sites (tertiary alicyclic amines) is 2. The van der Waals surface area contributed by atoms with E-state index < -0.39 is 0 Å². The molecule has 0 aliphatic carbocycles. The van der Waals surface area contributed by atoms with E-state index in [9.17, 15) is 4.79 Å². The van der Waals surface area contributed by atoms with Crippen molar-refractivity contribution < 1.29 is 14.3 Å². The van der Waals surface area contributed by atoms with Gasteiger partial charge in [-0.15, -0.1) is 0 Å². The van der Waals surface area contributed by atoms with Gasteiger partial charge in [-0.05, 0) is 45.1 Å². The Morgan fingerprint density at radius 1 is 1.00 bits per heavy atom. The number of hydrogen-bond acceptors (Lipinski definition) is 4. The van der Waals surface area contributed by atoms with Gasteiger partial charge in [-0.25, -0.2) is 0 Å². The quantitative estimate of drug-likeness (QED) is 0.697. The normalized spacial score (nSPS) is 29.6. The highest BCUT2D eigenvalue weighted by Crippen LogP contribution is 2.21. The standard InChI is InChI=1S/C19H34N2O3/c22-19(21-10-3-1-2-4-11-21)17-7-5-9-20(15-17)12-14-23-16-18-8-6-13-24-18/h17-18H,1-16H2/t17-,18+/m0/s1. The van der Waals surface area contributed by atoms with Gasteiger partial charge in [0.2, 0.25) is 5.91 Å². The van der Waals surface area contributed by atoms with Crippen molar-refractivity contribution in [2.24, 2.45) is 5.92 Å². The lowest BCUT2D eigenvalue weighted by atomic mass is 9.96. The van der Waals surface area contributed by atoms with Crippen LogP contribution in [0, 0.1) is 5.92 Å². The molecule has 3 rings (SSSR count). The molecule has 0 aromatic rings. The summed E-state index contributed by atoms with van der Waals surface area (Å²) < 4.78 is 11.4. The first-order valence-electron chi connectivity index (χ1n) is 10.0. The number of nitrogens with zero attached hydrogens (tertiary/aromatic N) is 2. The maximum Gasteiger partial charge on any atom is 0.226 e. The fourth-order valence-electron chi connectivity index (χ4n) is 4.19. The Kier molecular flexibility index (Phi) is 7.36. The van der Waals surface area contributed by atoms with E-state index in [1.165, 1.54) is 32.1 Å². The SMILES string of the molecule is O=C([C@H]1CCCN(CCOC[C@H]2CCCO2)C1)N1CCCCCC1. The molecule has 0 spiro atoms. The van der Waals surface area contributed by atoms with Gasteiger partial charge in [0.25, 0.3) is 0 Å². The molecule has 3 heterocycles. The zero-order chi connectivity index (χ0) is 16.6. The van der Waals surface area contributed by atoms with Gasteiger partial charge < -0.3 is 19.3 Å². The average molecular weight is 338 g/mol. The van der Waals surface area contributed by atoms with Crippen LogP contribution in [0.5, 0.6) is 0 Å². The van der Waals surface area contributed by atoms with Gasteiger partial charge in [0, 0.05) is 32.8 Å². The summed E-state index contributed by atoms with van der Waals surface area (Å²) in [5.74, 6) is 0.608. The van der Waals surface area contributed by atoms with Crippen molar-refractivity contribution in [1.82, 2.24) is 9.80 Å². The second kappa shape index (κ2) is 9.73. The lowest BCUT2D eigenvalue weighted by Gasteiger charge is -2.34. The van der Waals surface area contributed by atoms with Crippen molar-refractivity contribution in [3.8, 4) is 0 Å². The minimum Gasteiger partial charge on any atom is -0.377 e. The van der Waals surface area contributed by atoms with Crippen molar-refractivity contribution in [2.45, 2.75) is 57.5 Å². The highest BCUT2D eigenvalue weighted by Gasteiger charge is 2.29. The number of ether oxygens (including phenoxy) is 2. The van der Waals surface area contributed by atoms with Crippen LogP contribution in [0.4, 0.5) is 0 Å². The summed E-state index contributed by atoms with van der Waals surface area (Å²) in [7, 11) is 0. The number of carbonyl (C=O) groups excluding carboxylic acids is 1. The van der Waals surface area contributed by atoms with Crippen LogP contribution in [0.2, 0.25) is 0 Å². The van der Waals surface area contributed by atoms with Crippen LogP contribution in [0.1, 0.15) is 51.4 Å². The molecule has 3 saturated heterocycles. The van der Waals surface area contributed by atoms with Crippen LogP contribution in [0.3, 0.4) is 0 Å². The molecule has 0 radical (unpaired) electrons. The first kappa shape index (κ1) is 18.2. The molecule has 0 aromatic carbocycles. The molecule has 3 aliphatic heterocycles. The summed E-state index contributed by atoms with van der Waals surface area (Å²) in [4.78, 5) is 17.4. The van der Waals surface area contributed by atoms with Gasteiger partial charge in [-0.1, -0.05) is 12.8 Å². The number of amides is 1. The summed E-state index contributed by atoms with van der Waals surface area (Å²) in [6, 6.07) is 0. The van der Waals surface area contributed by atoms with E-state index in [-0.39, 0.29) is 5.92 Å². The fraction of sp³-hybridized carbons (Fsp3) is 0.947. The Labute approximate surface area is 146 Å². The summed E-state index contributed by atoms with van der Waals surface area (Å²) in [5, 5.41) is 0. The van der Waals surface area contributed by atoms with Gasteiger partial charge in [-0.3, -0.25) is 4.79 Å². The summed E-state index contributed by atoms with van der Waals surface area (Å²) in [5.41, 5.74) is 0. The third-order valence-electron chi connectivity index (χ3n) is 5.65. The van der Waals surface area contributed by atoms with Crippen LogP contribution in [-0.4, -0.2) is 74.4 Å². The maximum absolute atomic E-state index is 12.8. The molecule has 1 amide bonds. The Balaban J connectivity index is 1.36. The number of carbonyl (C=O) groups is 1. The third kappa shape index (κ3) is 5.43. The highest BCUT2D eigenvalue weighted by molar-refractivity contribution is 5.79. The molecule has 0 N–H and O–H groups in total. The first-order valence-corrected chi connectivity index (χ1v) is 10.0. The van der Waals surface area contributed by atoms with Crippen molar-refractivity contribution in [3.63, 3.8) is 0 Å². The van der Waals surface area contributed by atoms with Gasteiger partial charge in [-0.2, -0.15) is 0 Å². The van der Waals surface area contributed by atoms with E-state index in [0.717, 1.165) is 71.8 Å². The van der Waals surface area contributed by atoms with Crippen molar-refractivity contribution in [3.05, 3.63) is 0 Å². The minimum atomic E-state index is 0.204. The van der Waals surface area contributed by atoms with E-state index in [1.54, 1.807) is 0 Å². The van der Waals surface area contributed by atoms with E-state index in [0.29, 0.717) is 12.0 Å². The largest absolute Gasteiger partial charge is 0.377 e. The van der Waals surface area contributed by atoms with E-state index in [2.05, 4.69) is 9.80 Å². The van der Waals surface area contributed by atoms with Gasteiger partial charge >= 0.3 is 0 Å². The van der Waals surface area contributed by atoms with Gasteiger partial charge in [0.05, 0.1) is 25.2 Å². The summed E-state index contributed by atoms with van der Waals surface area (Å²) in [6.07, 6.45) is 9.72. The summed E-state index contributed by atoms with van der Waals surface area (Å²) in [6.45, 7) is 7.27. The molecule has 2 atom stereocenters. The molecule has 0 saturated carbocycles. The molecule has 5 heteroatoms. The molecule has 3 aliphatic rings. The fourth-order valence-corrected chi connectivity index (χ4v) is 4.19. The first-order chi connectivity index (χ1) is 11.8. The third-order valence-corrected chi connectivity index (χ3v) is 5.65. The molecule has 138 valence electrons. The van der Waals surface area contributed by atoms with E-state index in [1.807, 2.05) is 0 Å². The molecule has 0 unspecified atom stereocenters. The zero-order valence-electron chi connectivity index (χ0n) is 15.1. The molecular weight excluding hydrogens is 304 g/mol. The Morgan fingerprint density at radius 2 is 1.83 bits per heavy atom. The van der Waals surface area contributed by atoms with Gasteiger partial charge in [0.1, 0.15) is 0 Å². The minimum absolute atomic E-state index is 0.204. The Hall–Kier alpha value is -0.650. The number of piperidine rings is 1. The second-order valence-electron chi connectivity index (χ2n) is 7.59. The predicted molar refractivity (Wildman–Crippen MR) is 94.0 cm³/mol. The van der Waals surface area contributed by atoms with Crippen LogP contribution in [0.25, 0.3) is 0 Å². The van der Waals surface area contributed by atoms with Crippen LogP contribution in [-0.2, 0) is 14.3 Å².